The lowest BCUT2D eigenvalue weighted by Gasteiger charge is -2.22. The van der Waals surface area contributed by atoms with Gasteiger partial charge < -0.3 is 15.0 Å². The first kappa shape index (κ1) is 19.9. The standard InChI is InChI=1S/C25H23FN6O/c1-33-17-11-15(10-16(26)12-17)18-6-9-28-25-19(18)13-22(30-25)24-23-21(31-32-24)3-2-20(29-23)14-4-7-27-8-5-14/h2-3,6,9-14,27H,4-5,7-8H2,1H3,(H,28,30)(H,31,32). The van der Waals surface area contributed by atoms with Crippen molar-refractivity contribution in [2.75, 3.05) is 20.2 Å². The number of hydrogen-bond acceptors (Lipinski definition) is 5. The summed E-state index contributed by atoms with van der Waals surface area (Å²) in [5.74, 6) is 0.578. The summed E-state index contributed by atoms with van der Waals surface area (Å²) in [6.07, 6.45) is 3.89. The van der Waals surface area contributed by atoms with Gasteiger partial charge in [-0.05, 0) is 73.5 Å². The van der Waals surface area contributed by atoms with Crippen LogP contribution in [0.3, 0.4) is 0 Å². The van der Waals surface area contributed by atoms with Gasteiger partial charge in [-0.15, -0.1) is 0 Å². The quantitative estimate of drug-likeness (QED) is 0.373. The normalized spacial score (nSPS) is 14.8. The predicted molar refractivity (Wildman–Crippen MR) is 126 cm³/mol. The van der Waals surface area contributed by atoms with E-state index in [-0.39, 0.29) is 5.82 Å². The van der Waals surface area contributed by atoms with E-state index in [1.807, 2.05) is 18.2 Å². The minimum atomic E-state index is -0.349. The summed E-state index contributed by atoms with van der Waals surface area (Å²) in [7, 11) is 1.53. The first-order valence-electron chi connectivity index (χ1n) is 11.1. The number of hydrogen-bond donors (Lipinski definition) is 3. The third-order valence-electron chi connectivity index (χ3n) is 6.39. The minimum Gasteiger partial charge on any atom is -0.497 e. The van der Waals surface area contributed by atoms with Crippen molar-refractivity contribution in [3.05, 3.63) is 60.2 Å². The van der Waals surface area contributed by atoms with E-state index < -0.39 is 0 Å². The van der Waals surface area contributed by atoms with E-state index in [9.17, 15) is 4.39 Å². The molecule has 1 fully saturated rings. The van der Waals surface area contributed by atoms with E-state index in [1.165, 1.54) is 19.2 Å². The van der Waals surface area contributed by atoms with Crippen molar-refractivity contribution in [2.24, 2.45) is 0 Å². The molecule has 7 nitrogen and oxygen atoms in total. The zero-order valence-corrected chi connectivity index (χ0v) is 18.2. The summed E-state index contributed by atoms with van der Waals surface area (Å²) in [4.78, 5) is 12.9. The molecule has 0 atom stereocenters. The topological polar surface area (TPSA) is 91.5 Å². The summed E-state index contributed by atoms with van der Waals surface area (Å²) in [6.45, 7) is 2.04. The molecule has 5 heterocycles. The van der Waals surface area contributed by atoms with Crippen LogP contribution < -0.4 is 10.1 Å². The number of fused-ring (bicyclic) bond motifs is 2. The summed E-state index contributed by atoms with van der Waals surface area (Å²) < 4.78 is 19.4. The number of piperidine rings is 1. The number of pyridine rings is 2. The third-order valence-corrected chi connectivity index (χ3v) is 6.39. The molecular weight excluding hydrogens is 419 g/mol. The Balaban J connectivity index is 1.46. The maximum absolute atomic E-state index is 14.2. The van der Waals surface area contributed by atoms with E-state index in [0.29, 0.717) is 17.3 Å². The van der Waals surface area contributed by atoms with E-state index in [2.05, 4.69) is 37.6 Å². The van der Waals surface area contributed by atoms with Gasteiger partial charge in [0.05, 0.1) is 18.3 Å². The second-order valence-corrected chi connectivity index (χ2v) is 8.41. The second kappa shape index (κ2) is 7.97. The molecule has 0 aliphatic carbocycles. The van der Waals surface area contributed by atoms with Crippen LogP contribution in [0.1, 0.15) is 24.5 Å². The number of nitrogens with one attached hydrogen (secondary N) is 3. The fraction of sp³-hybridized carbons (Fsp3) is 0.240. The average Bonchev–Trinajstić information content (AvgIpc) is 3.47. The Bertz CT molecular complexity index is 1470. The van der Waals surface area contributed by atoms with E-state index in [1.54, 1.807) is 6.20 Å². The molecule has 1 aliphatic rings. The number of ether oxygens (including phenoxy) is 1. The largest absolute Gasteiger partial charge is 0.497 e. The lowest BCUT2D eigenvalue weighted by molar-refractivity contribution is 0.411. The molecule has 0 saturated carbocycles. The SMILES string of the molecule is COc1cc(F)cc(-c2ccnc3[nH]c(-c4n[nH]c5ccc(C6CCNCC6)nc45)cc23)c1. The predicted octanol–water partition coefficient (Wildman–Crippen LogP) is 4.78. The highest BCUT2D eigenvalue weighted by molar-refractivity contribution is 5.98. The van der Waals surface area contributed by atoms with E-state index in [4.69, 9.17) is 9.72 Å². The Kier molecular flexibility index (Phi) is 4.80. The molecule has 0 radical (unpaired) electrons. The Labute approximate surface area is 189 Å². The van der Waals surface area contributed by atoms with Gasteiger partial charge in [-0.2, -0.15) is 5.10 Å². The maximum atomic E-state index is 14.2. The lowest BCUT2D eigenvalue weighted by Crippen LogP contribution is -2.27. The molecule has 0 bridgehead atoms. The lowest BCUT2D eigenvalue weighted by atomic mass is 9.94. The van der Waals surface area contributed by atoms with Gasteiger partial charge in [0.2, 0.25) is 0 Å². The van der Waals surface area contributed by atoms with E-state index >= 15 is 0 Å². The van der Waals surface area contributed by atoms with Gasteiger partial charge in [-0.3, -0.25) is 5.10 Å². The number of benzene rings is 1. The van der Waals surface area contributed by atoms with Crippen LogP contribution in [0.15, 0.2) is 48.7 Å². The number of aromatic amines is 2. The van der Waals surface area contributed by atoms with Gasteiger partial charge in [0.1, 0.15) is 28.4 Å². The molecule has 6 rings (SSSR count). The van der Waals surface area contributed by atoms with Gasteiger partial charge in [-0.1, -0.05) is 0 Å². The first-order valence-corrected chi connectivity index (χ1v) is 11.1. The molecule has 1 saturated heterocycles. The van der Waals surface area contributed by atoms with Crippen molar-refractivity contribution in [2.45, 2.75) is 18.8 Å². The van der Waals surface area contributed by atoms with Gasteiger partial charge in [0, 0.05) is 29.3 Å². The van der Waals surface area contributed by atoms with Crippen molar-refractivity contribution in [3.63, 3.8) is 0 Å². The van der Waals surface area contributed by atoms with Gasteiger partial charge in [0.15, 0.2) is 0 Å². The number of H-pyrrole nitrogens is 2. The Morgan fingerprint density at radius 1 is 1.06 bits per heavy atom. The van der Waals surface area contributed by atoms with Crippen LogP contribution in [0.5, 0.6) is 5.75 Å². The summed E-state index contributed by atoms with van der Waals surface area (Å²) in [5.41, 5.74) is 6.70. The van der Waals surface area contributed by atoms with E-state index in [0.717, 1.165) is 70.6 Å². The Morgan fingerprint density at radius 3 is 2.79 bits per heavy atom. The van der Waals surface area contributed by atoms with Crippen molar-refractivity contribution < 1.29 is 9.13 Å². The number of aromatic nitrogens is 5. The second-order valence-electron chi connectivity index (χ2n) is 8.41. The van der Waals surface area contributed by atoms with Gasteiger partial charge in [0.25, 0.3) is 0 Å². The van der Waals surface area contributed by atoms with Crippen LogP contribution in [-0.4, -0.2) is 45.3 Å². The zero-order chi connectivity index (χ0) is 22.4. The molecule has 1 aromatic carbocycles. The molecule has 0 unspecified atom stereocenters. The average molecular weight is 442 g/mol. The molecule has 8 heteroatoms. The zero-order valence-electron chi connectivity index (χ0n) is 18.2. The maximum Gasteiger partial charge on any atom is 0.138 e. The monoisotopic (exact) mass is 442 g/mol. The molecule has 166 valence electrons. The Hall–Kier alpha value is -3.78. The highest BCUT2D eigenvalue weighted by Crippen LogP contribution is 2.35. The smallest absolute Gasteiger partial charge is 0.138 e. The van der Waals surface area contributed by atoms with Crippen LogP contribution in [0.25, 0.3) is 44.6 Å². The molecule has 0 spiro atoms. The highest BCUT2D eigenvalue weighted by Gasteiger charge is 2.20. The van der Waals surface area contributed by atoms with Crippen molar-refractivity contribution >= 4 is 22.1 Å². The number of halogens is 1. The van der Waals surface area contributed by atoms with Gasteiger partial charge >= 0.3 is 0 Å². The highest BCUT2D eigenvalue weighted by atomic mass is 19.1. The van der Waals surface area contributed by atoms with Crippen LogP contribution in [0.2, 0.25) is 0 Å². The Morgan fingerprint density at radius 2 is 1.94 bits per heavy atom. The van der Waals surface area contributed by atoms with Crippen LogP contribution >= 0.6 is 0 Å². The number of rotatable bonds is 4. The van der Waals surface area contributed by atoms with Crippen molar-refractivity contribution in [3.8, 4) is 28.3 Å². The van der Waals surface area contributed by atoms with Crippen LogP contribution in [0.4, 0.5) is 4.39 Å². The fourth-order valence-electron chi connectivity index (χ4n) is 4.69. The molecule has 1 aliphatic heterocycles. The molecule has 3 N–H and O–H groups in total. The summed E-state index contributed by atoms with van der Waals surface area (Å²) in [5, 5.41) is 11.9. The van der Waals surface area contributed by atoms with Crippen LogP contribution in [-0.2, 0) is 0 Å². The van der Waals surface area contributed by atoms with Crippen molar-refractivity contribution in [1.82, 2.24) is 30.5 Å². The summed E-state index contributed by atoms with van der Waals surface area (Å²) >= 11 is 0. The molecule has 4 aromatic heterocycles. The van der Waals surface area contributed by atoms with Gasteiger partial charge in [-0.25, -0.2) is 14.4 Å². The van der Waals surface area contributed by atoms with Crippen LogP contribution in [0, 0.1) is 5.82 Å². The van der Waals surface area contributed by atoms with Crippen molar-refractivity contribution in [1.29, 1.82) is 0 Å². The first-order chi connectivity index (χ1) is 16.2. The number of methoxy groups -OCH3 is 1. The number of nitrogens with zero attached hydrogens (tertiary/aromatic N) is 3. The molecule has 0 amide bonds. The third kappa shape index (κ3) is 3.52. The molecule has 33 heavy (non-hydrogen) atoms. The fourth-order valence-corrected chi connectivity index (χ4v) is 4.69. The molecular formula is C25H23FN6O. The minimum absolute atomic E-state index is 0.349. The molecule has 5 aromatic rings. The summed E-state index contributed by atoms with van der Waals surface area (Å²) in [6, 6.07) is 12.7.